The smallest absolute Gasteiger partial charge is 0.308 e. The van der Waals surface area contributed by atoms with Crippen LogP contribution in [0, 0.1) is 19.8 Å². The van der Waals surface area contributed by atoms with Crippen molar-refractivity contribution in [3.63, 3.8) is 0 Å². The van der Waals surface area contributed by atoms with Crippen molar-refractivity contribution in [3.05, 3.63) is 104 Å². The zero-order valence-electron chi connectivity index (χ0n) is 21.2. The molecule has 0 saturated carbocycles. The average molecular weight is 557 g/mol. The lowest BCUT2D eigenvalue weighted by Crippen LogP contribution is -2.33. The largest absolute Gasteiger partial charge is 0.325 e. The lowest BCUT2D eigenvalue weighted by Gasteiger charge is -2.30. The van der Waals surface area contributed by atoms with Crippen molar-refractivity contribution in [1.29, 1.82) is 0 Å². The Morgan fingerprint density at radius 1 is 0.949 bits per heavy atom. The van der Waals surface area contributed by atoms with Crippen molar-refractivity contribution >= 4 is 52.2 Å². The summed E-state index contributed by atoms with van der Waals surface area (Å²) in [4.78, 5) is 59.6. The Labute approximate surface area is 232 Å². The predicted octanol–water partition coefficient (Wildman–Crippen LogP) is 4.36. The van der Waals surface area contributed by atoms with Gasteiger partial charge in [0.05, 0.1) is 16.6 Å². The minimum absolute atomic E-state index is 0.202. The third-order valence-corrected chi connectivity index (χ3v) is 9.63. The predicted molar refractivity (Wildman–Crippen MR) is 151 cm³/mol. The molecule has 2 aliphatic heterocycles. The average Bonchev–Trinajstić information content (AvgIpc) is 3.37. The lowest BCUT2D eigenvalue weighted by molar-refractivity contribution is -0.122. The van der Waals surface area contributed by atoms with Crippen molar-refractivity contribution < 1.29 is 14.4 Å². The maximum absolute atomic E-state index is 13.9. The Hall–Kier alpha value is -4.02. The van der Waals surface area contributed by atoms with Gasteiger partial charge in [-0.05, 0) is 49.7 Å². The molecule has 196 valence electrons. The normalized spacial score (nSPS) is 20.1. The number of anilines is 2. The number of fused-ring (bicyclic) bond motifs is 2. The fraction of sp³-hybridized carbons (Fsp3) is 0.207. The molecule has 4 aromatic rings. The first kappa shape index (κ1) is 25.3. The molecule has 1 N–H and O–H groups in total. The minimum Gasteiger partial charge on any atom is -0.325 e. The van der Waals surface area contributed by atoms with Gasteiger partial charge in [0.25, 0.3) is 0 Å². The van der Waals surface area contributed by atoms with Crippen molar-refractivity contribution in [2.75, 3.05) is 10.2 Å². The number of benzene rings is 2. The van der Waals surface area contributed by atoms with Crippen LogP contribution in [0.4, 0.5) is 11.4 Å². The third kappa shape index (κ3) is 4.49. The SMILES string of the molecule is Cc1ccc(NC(=O)Cn2c3c(sc2=O)C(c2cccnc2)C2C(=O)N(c4ccc(C)cc4)C(=O)C2S3)cc1. The van der Waals surface area contributed by atoms with Crippen LogP contribution in [0.1, 0.15) is 27.5 Å². The standard InChI is InChI=1S/C29H24N4O4S2/c1-16-5-9-19(10-6-16)31-21(34)15-32-28-25(39-29(32)37)22(18-4-3-13-30-14-18)23-24(38-28)27(36)33(26(23)35)20-11-7-17(2)8-12-20/h3-14,22-24H,15H2,1-2H3,(H,31,34). The first-order valence-electron chi connectivity index (χ1n) is 12.4. The van der Waals surface area contributed by atoms with E-state index in [0.29, 0.717) is 21.3 Å². The van der Waals surface area contributed by atoms with Crippen LogP contribution in [0.2, 0.25) is 0 Å². The van der Waals surface area contributed by atoms with Crippen LogP contribution in [0.5, 0.6) is 0 Å². The molecule has 3 atom stereocenters. The summed E-state index contributed by atoms with van der Waals surface area (Å²) in [5.74, 6) is -2.21. The Balaban J connectivity index is 1.39. The molecule has 10 heteroatoms. The first-order valence-corrected chi connectivity index (χ1v) is 14.1. The fourth-order valence-electron chi connectivity index (χ4n) is 5.10. The van der Waals surface area contributed by atoms with Crippen LogP contribution in [-0.2, 0) is 20.9 Å². The maximum Gasteiger partial charge on any atom is 0.308 e. The number of amides is 3. The molecule has 0 radical (unpaired) electrons. The summed E-state index contributed by atoms with van der Waals surface area (Å²) in [6.07, 6.45) is 3.31. The van der Waals surface area contributed by atoms with Gasteiger partial charge in [-0.2, -0.15) is 0 Å². The van der Waals surface area contributed by atoms with E-state index in [-0.39, 0.29) is 29.1 Å². The summed E-state index contributed by atoms with van der Waals surface area (Å²) in [6.45, 7) is 3.70. The van der Waals surface area contributed by atoms with Crippen LogP contribution in [-0.4, -0.2) is 32.5 Å². The number of hydrogen-bond donors (Lipinski definition) is 1. The van der Waals surface area contributed by atoms with Crippen molar-refractivity contribution in [3.8, 4) is 0 Å². The van der Waals surface area contributed by atoms with Gasteiger partial charge < -0.3 is 5.32 Å². The van der Waals surface area contributed by atoms with Gasteiger partial charge in [-0.1, -0.05) is 64.6 Å². The molecule has 2 aromatic heterocycles. The molecule has 2 aliphatic rings. The zero-order valence-corrected chi connectivity index (χ0v) is 22.8. The van der Waals surface area contributed by atoms with Gasteiger partial charge in [0, 0.05) is 28.9 Å². The van der Waals surface area contributed by atoms with Crippen molar-refractivity contribution in [1.82, 2.24) is 9.55 Å². The number of thioether (sulfide) groups is 1. The van der Waals surface area contributed by atoms with Crippen LogP contribution >= 0.6 is 23.1 Å². The van der Waals surface area contributed by atoms with E-state index in [1.807, 2.05) is 44.2 Å². The van der Waals surface area contributed by atoms with Crippen molar-refractivity contribution in [2.24, 2.45) is 5.92 Å². The van der Waals surface area contributed by atoms with E-state index in [2.05, 4.69) is 10.3 Å². The Kier molecular flexibility index (Phi) is 6.44. The second kappa shape index (κ2) is 9.94. The molecule has 2 aromatic carbocycles. The molecule has 0 bridgehead atoms. The van der Waals surface area contributed by atoms with E-state index < -0.39 is 17.1 Å². The second-order valence-electron chi connectivity index (χ2n) is 9.71. The molecule has 1 fully saturated rings. The van der Waals surface area contributed by atoms with E-state index in [1.165, 1.54) is 21.2 Å². The van der Waals surface area contributed by atoms with E-state index in [1.54, 1.807) is 42.7 Å². The molecular weight excluding hydrogens is 532 g/mol. The highest BCUT2D eigenvalue weighted by molar-refractivity contribution is 8.00. The summed E-state index contributed by atoms with van der Waals surface area (Å²) < 4.78 is 1.42. The van der Waals surface area contributed by atoms with Crippen molar-refractivity contribution in [2.45, 2.75) is 36.6 Å². The summed E-state index contributed by atoms with van der Waals surface area (Å²) in [6, 6.07) is 18.3. The molecule has 0 spiro atoms. The van der Waals surface area contributed by atoms with Gasteiger partial charge in [0.1, 0.15) is 11.8 Å². The highest BCUT2D eigenvalue weighted by Crippen LogP contribution is 2.53. The van der Waals surface area contributed by atoms with Gasteiger partial charge in [-0.15, -0.1) is 0 Å². The molecular formula is C29H24N4O4S2. The summed E-state index contributed by atoms with van der Waals surface area (Å²) in [5, 5.41) is 2.65. The quantitative estimate of drug-likeness (QED) is 0.367. The van der Waals surface area contributed by atoms with E-state index in [4.69, 9.17) is 0 Å². The van der Waals surface area contributed by atoms with Crippen LogP contribution < -0.4 is 15.1 Å². The zero-order chi connectivity index (χ0) is 27.3. The van der Waals surface area contributed by atoms with Gasteiger partial charge in [-0.3, -0.25) is 28.7 Å². The number of hydrogen-bond acceptors (Lipinski definition) is 7. The van der Waals surface area contributed by atoms with E-state index in [9.17, 15) is 19.2 Å². The molecule has 0 aliphatic carbocycles. The lowest BCUT2D eigenvalue weighted by atomic mass is 9.84. The maximum atomic E-state index is 13.9. The molecule has 3 unspecified atom stereocenters. The molecule has 6 rings (SSSR count). The summed E-state index contributed by atoms with van der Waals surface area (Å²) in [5.41, 5.74) is 3.99. The Morgan fingerprint density at radius 3 is 2.31 bits per heavy atom. The highest BCUT2D eigenvalue weighted by Gasteiger charge is 2.56. The van der Waals surface area contributed by atoms with Gasteiger partial charge in [-0.25, -0.2) is 4.90 Å². The number of rotatable bonds is 5. The fourth-order valence-corrected chi connectivity index (χ4v) is 7.88. The van der Waals surface area contributed by atoms with E-state index in [0.717, 1.165) is 28.0 Å². The molecule has 39 heavy (non-hydrogen) atoms. The Bertz CT molecular complexity index is 1650. The number of pyridine rings is 1. The molecule has 8 nitrogen and oxygen atoms in total. The Morgan fingerprint density at radius 2 is 1.64 bits per heavy atom. The number of carbonyl (C=O) groups is 3. The number of aromatic nitrogens is 2. The number of nitrogens with one attached hydrogen (secondary N) is 1. The topological polar surface area (TPSA) is 101 Å². The van der Waals surface area contributed by atoms with Gasteiger partial charge in [0.15, 0.2) is 0 Å². The summed E-state index contributed by atoms with van der Waals surface area (Å²) in [7, 11) is 0. The monoisotopic (exact) mass is 556 g/mol. The second-order valence-corrected chi connectivity index (χ2v) is 11.8. The van der Waals surface area contributed by atoms with Crippen LogP contribution in [0.15, 0.2) is 82.9 Å². The number of carbonyl (C=O) groups excluding carboxylic acids is 3. The number of imide groups is 1. The van der Waals surface area contributed by atoms with Crippen LogP contribution in [0.3, 0.4) is 0 Å². The summed E-state index contributed by atoms with van der Waals surface area (Å²) >= 11 is 2.22. The molecule has 3 amide bonds. The minimum atomic E-state index is -0.739. The number of aryl methyl sites for hydroxylation is 2. The van der Waals surface area contributed by atoms with Crippen LogP contribution in [0.25, 0.3) is 0 Å². The van der Waals surface area contributed by atoms with E-state index >= 15 is 0 Å². The number of nitrogens with zero attached hydrogens (tertiary/aromatic N) is 3. The molecule has 4 heterocycles. The van der Waals surface area contributed by atoms with Gasteiger partial charge in [0.2, 0.25) is 17.7 Å². The van der Waals surface area contributed by atoms with Gasteiger partial charge >= 0.3 is 4.87 Å². The highest BCUT2D eigenvalue weighted by atomic mass is 32.2. The molecule has 1 saturated heterocycles. The first-order chi connectivity index (χ1) is 18.8. The number of thiazole rings is 1. The third-order valence-electron chi connectivity index (χ3n) is 7.02.